The van der Waals surface area contributed by atoms with Gasteiger partial charge in [-0.05, 0) is 0 Å². The fourth-order valence-corrected chi connectivity index (χ4v) is 4.63. The van der Waals surface area contributed by atoms with Crippen LogP contribution < -0.4 is 0 Å². The molecule has 0 amide bonds. The Bertz CT molecular complexity index is 248. The maximum atomic E-state index is 4.15. The molecule has 0 fully saturated rings. The standard InChI is InChI=1S/C6H6N2S4/c1-5(9-4-8-12-1)6-10-2-7-3-11-6/h1-2,4,6H,3H2. The van der Waals surface area contributed by atoms with Crippen molar-refractivity contribution in [1.29, 1.82) is 0 Å². The van der Waals surface area contributed by atoms with E-state index < -0.39 is 0 Å². The van der Waals surface area contributed by atoms with E-state index >= 15 is 0 Å². The predicted octanol–water partition coefficient (Wildman–Crippen LogP) is 3.04. The molecular formula is C6H6N2S4. The Morgan fingerprint density at radius 2 is 2.42 bits per heavy atom. The first-order valence-corrected chi connectivity index (χ1v) is 6.97. The van der Waals surface area contributed by atoms with Crippen molar-refractivity contribution in [3.8, 4) is 0 Å². The fourth-order valence-electron chi connectivity index (χ4n) is 0.756. The maximum absolute atomic E-state index is 4.15. The molecule has 6 heteroatoms. The normalized spacial score (nSPS) is 28.7. The Kier molecular flexibility index (Phi) is 3.50. The van der Waals surface area contributed by atoms with Crippen molar-refractivity contribution in [2.75, 3.05) is 5.88 Å². The Hall–Kier alpha value is 0.480. The van der Waals surface area contributed by atoms with Crippen LogP contribution in [0.4, 0.5) is 0 Å². The molecule has 0 aromatic rings. The Morgan fingerprint density at radius 1 is 1.42 bits per heavy atom. The van der Waals surface area contributed by atoms with Crippen LogP contribution in [0.1, 0.15) is 0 Å². The maximum Gasteiger partial charge on any atom is 0.0893 e. The van der Waals surface area contributed by atoms with Gasteiger partial charge in [-0.3, -0.25) is 4.99 Å². The van der Waals surface area contributed by atoms with Gasteiger partial charge in [-0.1, -0.05) is 23.5 Å². The quantitative estimate of drug-likeness (QED) is 0.651. The van der Waals surface area contributed by atoms with Gasteiger partial charge in [0.1, 0.15) is 0 Å². The average Bonchev–Trinajstić information content (AvgIpc) is 2.21. The molecule has 1 unspecified atom stereocenters. The lowest BCUT2D eigenvalue weighted by Crippen LogP contribution is -2.04. The van der Waals surface area contributed by atoms with Gasteiger partial charge in [-0.25, -0.2) is 4.40 Å². The summed E-state index contributed by atoms with van der Waals surface area (Å²) in [5, 5.41) is 2.12. The molecule has 0 aliphatic carbocycles. The lowest BCUT2D eigenvalue weighted by atomic mass is 10.7. The van der Waals surface area contributed by atoms with Crippen LogP contribution in [0.5, 0.6) is 0 Å². The monoisotopic (exact) mass is 234 g/mol. The molecule has 0 spiro atoms. The first-order chi connectivity index (χ1) is 5.97. The van der Waals surface area contributed by atoms with Crippen LogP contribution in [-0.2, 0) is 0 Å². The first-order valence-electron chi connectivity index (χ1n) is 3.26. The van der Waals surface area contributed by atoms with E-state index in [0.29, 0.717) is 4.58 Å². The molecule has 0 aromatic heterocycles. The van der Waals surface area contributed by atoms with Crippen LogP contribution in [-0.4, -0.2) is 21.6 Å². The molecule has 0 saturated heterocycles. The average molecular weight is 234 g/mol. The third kappa shape index (κ3) is 2.25. The zero-order valence-corrected chi connectivity index (χ0v) is 9.31. The minimum atomic E-state index is 0.534. The number of thioether (sulfide) groups is 3. The van der Waals surface area contributed by atoms with Gasteiger partial charge in [0, 0.05) is 22.3 Å². The van der Waals surface area contributed by atoms with Gasteiger partial charge in [0.15, 0.2) is 0 Å². The Labute approximate surface area is 88.3 Å². The number of hydrogen-bond donors (Lipinski definition) is 0. The summed E-state index contributed by atoms with van der Waals surface area (Å²) in [5.74, 6) is 0.886. The molecule has 0 bridgehead atoms. The zero-order chi connectivity index (χ0) is 8.23. The predicted molar refractivity (Wildman–Crippen MR) is 64.1 cm³/mol. The van der Waals surface area contributed by atoms with Gasteiger partial charge < -0.3 is 0 Å². The largest absolute Gasteiger partial charge is 0.275 e. The van der Waals surface area contributed by atoms with Crippen LogP contribution >= 0.6 is 47.2 Å². The molecule has 1 atom stereocenters. The lowest BCUT2D eigenvalue weighted by Gasteiger charge is -2.18. The molecule has 2 nitrogen and oxygen atoms in total. The van der Waals surface area contributed by atoms with E-state index in [2.05, 4.69) is 14.8 Å². The van der Waals surface area contributed by atoms with Crippen molar-refractivity contribution in [3.63, 3.8) is 0 Å². The van der Waals surface area contributed by atoms with Crippen LogP contribution in [0.25, 0.3) is 0 Å². The second-order valence-corrected chi connectivity index (χ2v) is 5.90. The third-order valence-corrected chi connectivity index (χ3v) is 5.63. The van der Waals surface area contributed by atoms with Crippen molar-refractivity contribution in [3.05, 3.63) is 10.3 Å². The van der Waals surface area contributed by atoms with Crippen molar-refractivity contribution >= 4 is 58.3 Å². The summed E-state index contributed by atoms with van der Waals surface area (Å²) in [7, 11) is 0. The van der Waals surface area contributed by atoms with E-state index in [1.807, 2.05) is 22.9 Å². The van der Waals surface area contributed by atoms with Gasteiger partial charge in [0.2, 0.25) is 0 Å². The number of nitrogens with zero attached hydrogens (tertiary/aromatic N) is 2. The molecule has 2 aliphatic rings. The minimum Gasteiger partial charge on any atom is -0.275 e. The van der Waals surface area contributed by atoms with E-state index in [0.717, 1.165) is 5.88 Å². The summed E-state index contributed by atoms with van der Waals surface area (Å²) >= 11 is 6.87. The molecule has 0 radical (unpaired) electrons. The molecule has 2 rings (SSSR count). The molecule has 12 heavy (non-hydrogen) atoms. The van der Waals surface area contributed by atoms with Crippen LogP contribution in [0.2, 0.25) is 0 Å². The number of hydrogen-bond acceptors (Lipinski definition) is 6. The highest BCUT2D eigenvalue weighted by Gasteiger charge is 2.18. The van der Waals surface area contributed by atoms with Gasteiger partial charge in [0.05, 0.1) is 21.6 Å². The topological polar surface area (TPSA) is 24.7 Å². The van der Waals surface area contributed by atoms with Crippen LogP contribution in [0, 0.1) is 0 Å². The SMILES string of the molecule is C1=NCSC(C2=CSN=CS2)S1. The van der Waals surface area contributed by atoms with Crippen molar-refractivity contribution < 1.29 is 0 Å². The Morgan fingerprint density at radius 3 is 3.08 bits per heavy atom. The van der Waals surface area contributed by atoms with Gasteiger partial charge >= 0.3 is 0 Å². The van der Waals surface area contributed by atoms with Gasteiger partial charge in [-0.15, -0.1) is 11.8 Å². The Balaban J connectivity index is 1.99. The number of aliphatic imine (C=N–C) groups is 1. The molecule has 0 aromatic carbocycles. The molecular weight excluding hydrogens is 228 g/mol. The smallest absolute Gasteiger partial charge is 0.0893 e. The molecule has 0 saturated carbocycles. The highest BCUT2D eigenvalue weighted by atomic mass is 32.2. The highest BCUT2D eigenvalue weighted by molar-refractivity contribution is 8.27. The molecule has 0 N–H and O–H groups in total. The number of rotatable bonds is 1. The van der Waals surface area contributed by atoms with E-state index in [1.54, 1.807) is 23.5 Å². The zero-order valence-electron chi connectivity index (χ0n) is 6.04. The second-order valence-electron chi connectivity index (χ2n) is 2.01. The fraction of sp³-hybridized carbons (Fsp3) is 0.333. The van der Waals surface area contributed by atoms with E-state index in [-0.39, 0.29) is 0 Å². The molecule has 2 aliphatic heterocycles. The first kappa shape index (κ1) is 9.05. The van der Waals surface area contributed by atoms with E-state index in [1.165, 1.54) is 16.9 Å². The van der Waals surface area contributed by atoms with E-state index in [9.17, 15) is 0 Å². The molecule has 64 valence electrons. The summed E-state index contributed by atoms with van der Waals surface area (Å²) in [6.07, 6.45) is 0. The van der Waals surface area contributed by atoms with Crippen molar-refractivity contribution in [2.24, 2.45) is 9.39 Å². The van der Waals surface area contributed by atoms with Gasteiger partial charge in [-0.2, -0.15) is 0 Å². The van der Waals surface area contributed by atoms with Crippen LogP contribution in [0.15, 0.2) is 19.7 Å². The van der Waals surface area contributed by atoms with Crippen LogP contribution in [0.3, 0.4) is 0 Å². The summed E-state index contributed by atoms with van der Waals surface area (Å²) < 4.78 is 4.58. The molecule has 2 heterocycles. The van der Waals surface area contributed by atoms with E-state index in [4.69, 9.17) is 0 Å². The summed E-state index contributed by atoms with van der Waals surface area (Å²) in [6.45, 7) is 0. The third-order valence-electron chi connectivity index (χ3n) is 1.25. The summed E-state index contributed by atoms with van der Waals surface area (Å²) in [4.78, 5) is 5.53. The van der Waals surface area contributed by atoms with Crippen molar-refractivity contribution in [1.82, 2.24) is 0 Å². The minimum absolute atomic E-state index is 0.534. The van der Waals surface area contributed by atoms with Gasteiger partial charge in [0.25, 0.3) is 0 Å². The summed E-state index contributed by atoms with van der Waals surface area (Å²) in [6, 6.07) is 0. The highest BCUT2D eigenvalue weighted by Crippen LogP contribution is 2.40. The van der Waals surface area contributed by atoms with Crippen molar-refractivity contribution in [2.45, 2.75) is 4.58 Å². The lowest BCUT2D eigenvalue weighted by molar-refractivity contribution is 1.39. The second kappa shape index (κ2) is 4.64. The summed E-state index contributed by atoms with van der Waals surface area (Å²) in [5.41, 5.74) is 3.84.